The van der Waals surface area contributed by atoms with E-state index in [1.165, 1.54) is 0 Å². The summed E-state index contributed by atoms with van der Waals surface area (Å²) >= 11 is 0. The van der Waals surface area contributed by atoms with Crippen molar-refractivity contribution >= 4 is 26.4 Å². The van der Waals surface area contributed by atoms with Gasteiger partial charge in [0, 0.05) is 0 Å². The van der Waals surface area contributed by atoms with Gasteiger partial charge in [0.2, 0.25) is 0 Å². The molecule has 0 amide bonds. The number of carbonyl (C=O) groups is 1. The highest BCUT2D eigenvalue weighted by Crippen LogP contribution is 2.17. The molecule has 0 radical (unpaired) electrons. The Balaban J connectivity index is 2.56. The van der Waals surface area contributed by atoms with Gasteiger partial charge in [-0.1, -0.05) is 0 Å². The third kappa shape index (κ3) is 5.62. The highest BCUT2D eigenvalue weighted by Gasteiger charge is 2.38. The molecule has 1 saturated heterocycles. The first kappa shape index (κ1) is 15.1. The fraction of sp³-hybridized carbons (Fsp3) is 0.857. The van der Waals surface area contributed by atoms with Crippen LogP contribution in [0.5, 0.6) is 0 Å². The molecule has 0 aromatic rings. The molecule has 0 unspecified atom stereocenters. The van der Waals surface area contributed by atoms with Crippen LogP contribution < -0.4 is 0 Å². The third-order valence-corrected chi connectivity index (χ3v) is 2.93. The van der Waals surface area contributed by atoms with Gasteiger partial charge in [0.25, 0.3) is 20.2 Å². The number of cyclic esters (lactones) is 2. The highest BCUT2D eigenvalue weighted by molar-refractivity contribution is 7.86. The lowest BCUT2D eigenvalue weighted by atomic mass is 10.2. The Labute approximate surface area is 104 Å². The van der Waals surface area contributed by atoms with Gasteiger partial charge in [0.15, 0.2) is 12.2 Å². The van der Waals surface area contributed by atoms with Crippen molar-refractivity contribution in [1.82, 2.24) is 0 Å². The van der Waals surface area contributed by atoms with Crippen LogP contribution in [0.2, 0.25) is 0 Å². The maximum absolute atomic E-state index is 10.9. The van der Waals surface area contributed by atoms with Crippen molar-refractivity contribution in [2.75, 3.05) is 25.7 Å². The summed E-state index contributed by atoms with van der Waals surface area (Å²) in [6.07, 6.45) is -1.48. The van der Waals surface area contributed by atoms with Gasteiger partial charge in [-0.05, 0) is 0 Å². The molecular formula is C7H12O9S2. The maximum Gasteiger partial charge on any atom is 0.509 e. The van der Waals surface area contributed by atoms with Crippen LogP contribution in [-0.4, -0.2) is 60.9 Å². The Morgan fingerprint density at radius 2 is 1.28 bits per heavy atom. The van der Waals surface area contributed by atoms with Gasteiger partial charge in [0.1, 0.15) is 13.2 Å². The molecule has 0 aromatic carbocycles. The number of carbonyl (C=O) groups excluding carboxylic acids is 1. The van der Waals surface area contributed by atoms with E-state index in [4.69, 9.17) is 0 Å². The van der Waals surface area contributed by atoms with Crippen LogP contribution in [0.3, 0.4) is 0 Å². The summed E-state index contributed by atoms with van der Waals surface area (Å²) < 4.78 is 61.1. The second-order valence-corrected chi connectivity index (χ2v) is 6.83. The first-order valence-electron chi connectivity index (χ1n) is 4.63. The molecule has 1 aliphatic rings. The van der Waals surface area contributed by atoms with E-state index >= 15 is 0 Å². The van der Waals surface area contributed by atoms with Crippen molar-refractivity contribution in [3.05, 3.63) is 0 Å². The molecule has 0 aliphatic carbocycles. The standard InChI is InChI=1S/C7H12O9S2/c1-17(9,10)13-3-5-6(16-7(8)15-5)4-14-18(2,11)12/h5-6H,3-4H2,1-2H3/t5-,6-/m0/s1. The molecule has 0 saturated carbocycles. The van der Waals surface area contributed by atoms with Gasteiger partial charge in [-0.3, -0.25) is 8.37 Å². The summed E-state index contributed by atoms with van der Waals surface area (Å²) in [5.74, 6) is 0. The van der Waals surface area contributed by atoms with Gasteiger partial charge in [-0.2, -0.15) is 16.8 Å². The third-order valence-electron chi connectivity index (χ3n) is 1.80. The molecule has 1 rings (SSSR count). The molecule has 0 aromatic heterocycles. The van der Waals surface area contributed by atoms with Crippen LogP contribution in [0, 0.1) is 0 Å². The monoisotopic (exact) mass is 304 g/mol. The Hall–Kier alpha value is -0.910. The molecule has 0 spiro atoms. The average Bonchev–Trinajstić information content (AvgIpc) is 2.51. The lowest BCUT2D eigenvalue weighted by Crippen LogP contribution is -2.33. The molecule has 18 heavy (non-hydrogen) atoms. The molecular weight excluding hydrogens is 292 g/mol. The van der Waals surface area contributed by atoms with Gasteiger partial charge in [-0.15, -0.1) is 0 Å². The van der Waals surface area contributed by atoms with E-state index < -0.39 is 51.8 Å². The zero-order chi connectivity index (χ0) is 14.0. The first-order valence-corrected chi connectivity index (χ1v) is 8.26. The van der Waals surface area contributed by atoms with Crippen LogP contribution in [-0.2, 0) is 38.1 Å². The molecule has 1 heterocycles. The normalized spacial score (nSPS) is 24.7. The fourth-order valence-electron chi connectivity index (χ4n) is 1.09. The Kier molecular flexibility index (Phi) is 4.53. The minimum Gasteiger partial charge on any atom is -0.424 e. The van der Waals surface area contributed by atoms with E-state index in [9.17, 15) is 21.6 Å². The van der Waals surface area contributed by atoms with Crippen molar-refractivity contribution in [2.24, 2.45) is 0 Å². The van der Waals surface area contributed by atoms with E-state index in [1.54, 1.807) is 0 Å². The summed E-state index contributed by atoms with van der Waals surface area (Å²) in [6.45, 7) is -0.940. The molecule has 1 fully saturated rings. The van der Waals surface area contributed by atoms with Crippen molar-refractivity contribution in [3.63, 3.8) is 0 Å². The zero-order valence-electron chi connectivity index (χ0n) is 9.56. The van der Waals surface area contributed by atoms with Crippen molar-refractivity contribution in [3.8, 4) is 0 Å². The lowest BCUT2D eigenvalue weighted by Gasteiger charge is -2.13. The molecule has 2 atom stereocenters. The largest absolute Gasteiger partial charge is 0.509 e. The minimum atomic E-state index is -3.70. The number of rotatable bonds is 6. The topological polar surface area (TPSA) is 122 Å². The SMILES string of the molecule is CS(=O)(=O)OC[C@@H]1OC(=O)O[C@H]1COS(C)(=O)=O. The van der Waals surface area contributed by atoms with E-state index in [0.717, 1.165) is 12.5 Å². The molecule has 0 N–H and O–H groups in total. The van der Waals surface area contributed by atoms with Crippen LogP contribution in [0.4, 0.5) is 4.79 Å². The highest BCUT2D eigenvalue weighted by atomic mass is 32.2. The van der Waals surface area contributed by atoms with Crippen LogP contribution in [0.1, 0.15) is 0 Å². The summed E-state index contributed by atoms with van der Waals surface area (Å²) in [6, 6.07) is 0. The minimum absolute atomic E-state index is 0.470. The zero-order valence-corrected chi connectivity index (χ0v) is 11.2. The second kappa shape index (κ2) is 5.38. The van der Waals surface area contributed by atoms with Crippen LogP contribution in [0.15, 0.2) is 0 Å². The lowest BCUT2D eigenvalue weighted by molar-refractivity contribution is 0.0713. The maximum atomic E-state index is 10.9. The molecule has 1 aliphatic heterocycles. The van der Waals surface area contributed by atoms with Gasteiger partial charge in [0.05, 0.1) is 12.5 Å². The summed E-state index contributed by atoms with van der Waals surface area (Å²) in [5.41, 5.74) is 0. The average molecular weight is 304 g/mol. The number of hydrogen-bond acceptors (Lipinski definition) is 9. The fourth-order valence-corrected chi connectivity index (χ4v) is 1.85. The van der Waals surface area contributed by atoms with Gasteiger partial charge in [-0.25, -0.2) is 4.79 Å². The van der Waals surface area contributed by atoms with E-state index in [1.807, 2.05) is 0 Å². The Morgan fingerprint density at radius 3 is 1.56 bits per heavy atom. The Morgan fingerprint density at radius 1 is 0.944 bits per heavy atom. The number of hydrogen-bond donors (Lipinski definition) is 0. The van der Waals surface area contributed by atoms with Gasteiger partial charge >= 0.3 is 6.16 Å². The second-order valence-electron chi connectivity index (χ2n) is 3.54. The molecule has 106 valence electrons. The van der Waals surface area contributed by atoms with Crippen molar-refractivity contribution in [2.45, 2.75) is 12.2 Å². The summed E-state index contributed by atoms with van der Waals surface area (Å²) in [7, 11) is -7.40. The summed E-state index contributed by atoms with van der Waals surface area (Å²) in [5, 5.41) is 0. The predicted octanol–water partition coefficient (Wildman–Crippen LogP) is -1.16. The first-order chi connectivity index (χ1) is 8.07. The summed E-state index contributed by atoms with van der Waals surface area (Å²) in [4.78, 5) is 10.9. The van der Waals surface area contributed by atoms with Crippen molar-refractivity contribution in [1.29, 1.82) is 0 Å². The van der Waals surface area contributed by atoms with E-state index in [2.05, 4.69) is 17.8 Å². The number of ether oxygens (including phenoxy) is 2. The Bertz CT molecular complexity index is 459. The van der Waals surface area contributed by atoms with Crippen molar-refractivity contribution < 1.29 is 39.5 Å². The molecule has 11 heteroatoms. The molecule has 9 nitrogen and oxygen atoms in total. The van der Waals surface area contributed by atoms with E-state index in [0.29, 0.717) is 0 Å². The predicted molar refractivity (Wildman–Crippen MR) is 56.7 cm³/mol. The molecule has 0 bridgehead atoms. The van der Waals surface area contributed by atoms with Gasteiger partial charge < -0.3 is 9.47 Å². The van der Waals surface area contributed by atoms with Crippen LogP contribution in [0.25, 0.3) is 0 Å². The smallest absolute Gasteiger partial charge is 0.424 e. The quantitative estimate of drug-likeness (QED) is 0.441. The van der Waals surface area contributed by atoms with Crippen LogP contribution >= 0.6 is 0 Å². The van der Waals surface area contributed by atoms with E-state index in [-0.39, 0.29) is 0 Å².